The molecule has 20 heavy (non-hydrogen) atoms. The number of nitrogens with one attached hydrogen (secondary N) is 1. The highest BCUT2D eigenvalue weighted by molar-refractivity contribution is 7.19. The molecular weight excluding hydrogens is 270 g/mol. The van der Waals surface area contributed by atoms with E-state index in [1.807, 2.05) is 0 Å². The Morgan fingerprint density at radius 3 is 3.10 bits per heavy atom. The second-order valence-corrected chi connectivity index (χ2v) is 6.77. The number of hydrogen-bond donors (Lipinski definition) is 2. The molecule has 0 aliphatic heterocycles. The van der Waals surface area contributed by atoms with E-state index in [0.29, 0.717) is 0 Å². The van der Waals surface area contributed by atoms with Gasteiger partial charge in [0, 0.05) is 4.88 Å². The summed E-state index contributed by atoms with van der Waals surface area (Å²) in [6.45, 7) is 4.51. The highest BCUT2D eigenvalue weighted by Crippen LogP contribution is 2.39. The lowest BCUT2D eigenvalue weighted by Crippen LogP contribution is -2.23. The largest absolute Gasteiger partial charge is 0.394 e. The van der Waals surface area contributed by atoms with Gasteiger partial charge < -0.3 is 10.4 Å². The number of thiophene rings is 1. The van der Waals surface area contributed by atoms with Gasteiger partial charge in [0.2, 0.25) is 0 Å². The average molecular weight is 291 g/mol. The van der Waals surface area contributed by atoms with E-state index in [2.05, 4.69) is 29.1 Å². The molecule has 0 saturated heterocycles. The summed E-state index contributed by atoms with van der Waals surface area (Å²) in [5.74, 6) is 1.66. The van der Waals surface area contributed by atoms with Crippen molar-refractivity contribution < 1.29 is 5.11 Å². The maximum Gasteiger partial charge on any atom is 0.138 e. The first-order valence-corrected chi connectivity index (χ1v) is 8.17. The van der Waals surface area contributed by atoms with Gasteiger partial charge in [0.1, 0.15) is 17.0 Å². The van der Waals surface area contributed by atoms with Crippen molar-refractivity contribution >= 4 is 27.4 Å². The van der Waals surface area contributed by atoms with Crippen LogP contribution in [0.1, 0.15) is 37.1 Å². The summed E-state index contributed by atoms with van der Waals surface area (Å²) < 4.78 is 0. The molecule has 5 heteroatoms. The Labute approximate surface area is 123 Å². The predicted molar refractivity (Wildman–Crippen MR) is 83.4 cm³/mol. The monoisotopic (exact) mass is 291 g/mol. The smallest absolute Gasteiger partial charge is 0.138 e. The summed E-state index contributed by atoms with van der Waals surface area (Å²) >= 11 is 1.81. The van der Waals surface area contributed by atoms with Crippen LogP contribution in [0.5, 0.6) is 0 Å². The Bertz CT molecular complexity index is 606. The SMILES string of the molecule is CCC(CO)Nc1ncnc2sc3c(c12)CCC(C)C3. The second kappa shape index (κ2) is 5.66. The molecule has 2 atom stereocenters. The van der Waals surface area contributed by atoms with Crippen molar-refractivity contribution in [3.63, 3.8) is 0 Å². The van der Waals surface area contributed by atoms with Crippen molar-refractivity contribution in [2.45, 2.75) is 45.6 Å². The summed E-state index contributed by atoms with van der Waals surface area (Å²) in [6, 6.07) is 0.0613. The third-order valence-electron chi connectivity index (χ3n) is 4.15. The normalized spacial score (nSPS) is 19.9. The van der Waals surface area contributed by atoms with Crippen molar-refractivity contribution in [2.75, 3.05) is 11.9 Å². The topological polar surface area (TPSA) is 58.0 Å². The minimum Gasteiger partial charge on any atom is -0.394 e. The number of rotatable bonds is 4. The molecule has 0 spiro atoms. The number of nitrogens with zero attached hydrogens (tertiary/aromatic N) is 2. The molecule has 0 saturated carbocycles. The van der Waals surface area contributed by atoms with E-state index in [1.54, 1.807) is 17.7 Å². The van der Waals surface area contributed by atoms with Crippen LogP contribution in [0.25, 0.3) is 10.2 Å². The van der Waals surface area contributed by atoms with Gasteiger partial charge in [-0.15, -0.1) is 11.3 Å². The van der Waals surface area contributed by atoms with E-state index < -0.39 is 0 Å². The van der Waals surface area contributed by atoms with Crippen molar-refractivity contribution in [1.29, 1.82) is 0 Å². The highest BCUT2D eigenvalue weighted by Gasteiger charge is 2.23. The molecule has 4 nitrogen and oxygen atoms in total. The van der Waals surface area contributed by atoms with E-state index >= 15 is 0 Å². The van der Waals surface area contributed by atoms with Crippen LogP contribution in [0.3, 0.4) is 0 Å². The average Bonchev–Trinajstić information content (AvgIpc) is 2.82. The number of anilines is 1. The maximum absolute atomic E-state index is 9.38. The summed E-state index contributed by atoms with van der Waals surface area (Å²) in [5.41, 5.74) is 1.43. The van der Waals surface area contributed by atoms with Crippen LogP contribution in [0.2, 0.25) is 0 Å². The van der Waals surface area contributed by atoms with Crippen molar-refractivity contribution in [1.82, 2.24) is 9.97 Å². The third kappa shape index (κ3) is 2.40. The number of aromatic nitrogens is 2. The lowest BCUT2D eigenvalue weighted by Gasteiger charge is -2.19. The first-order valence-electron chi connectivity index (χ1n) is 7.35. The van der Waals surface area contributed by atoms with Crippen molar-refractivity contribution in [3.8, 4) is 0 Å². The highest BCUT2D eigenvalue weighted by atomic mass is 32.1. The zero-order valence-corrected chi connectivity index (χ0v) is 12.8. The standard InChI is InChI=1S/C15H21N3OS/c1-3-10(7-19)18-14-13-11-5-4-9(2)6-12(11)20-15(13)17-8-16-14/h8-10,19H,3-7H2,1-2H3,(H,16,17,18). The molecule has 2 aromatic rings. The summed E-state index contributed by atoms with van der Waals surface area (Å²) in [4.78, 5) is 11.4. The van der Waals surface area contributed by atoms with E-state index in [0.717, 1.165) is 35.8 Å². The van der Waals surface area contributed by atoms with Gasteiger partial charge in [-0.3, -0.25) is 0 Å². The van der Waals surface area contributed by atoms with Crippen LogP contribution < -0.4 is 5.32 Å². The van der Waals surface area contributed by atoms with Gasteiger partial charge in [0.05, 0.1) is 18.0 Å². The molecule has 0 fully saturated rings. The first-order chi connectivity index (χ1) is 9.72. The summed E-state index contributed by atoms with van der Waals surface area (Å²) in [6.07, 6.45) is 6.03. The zero-order valence-electron chi connectivity index (χ0n) is 12.0. The van der Waals surface area contributed by atoms with E-state index in [1.165, 1.54) is 22.2 Å². The molecule has 3 rings (SSSR count). The fourth-order valence-corrected chi connectivity index (χ4v) is 4.21. The molecule has 0 aromatic carbocycles. The molecule has 0 radical (unpaired) electrons. The van der Waals surface area contributed by atoms with Crippen LogP contribution in [0.4, 0.5) is 5.82 Å². The molecule has 2 unspecified atom stereocenters. The fraction of sp³-hybridized carbons (Fsp3) is 0.600. The molecule has 108 valence electrons. The lowest BCUT2D eigenvalue weighted by atomic mass is 9.89. The lowest BCUT2D eigenvalue weighted by molar-refractivity contribution is 0.271. The minimum absolute atomic E-state index is 0.0613. The number of aliphatic hydroxyl groups excluding tert-OH is 1. The van der Waals surface area contributed by atoms with Crippen LogP contribution in [-0.4, -0.2) is 27.7 Å². The maximum atomic E-state index is 9.38. The molecule has 2 aromatic heterocycles. The number of hydrogen-bond acceptors (Lipinski definition) is 5. The molecular formula is C15H21N3OS. The van der Waals surface area contributed by atoms with Gasteiger partial charge in [-0.2, -0.15) is 0 Å². The zero-order chi connectivity index (χ0) is 14.1. The Morgan fingerprint density at radius 1 is 1.50 bits per heavy atom. The third-order valence-corrected chi connectivity index (χ3v) is 5.31. The predicted octanol–water partition coefficient (Wildman–Crippen LogP) is 3.00. The van der Waals surface area contributed by atoms with Crippen LogP contribution in [0.15, 0.2) is 6.33 Å². The van der Waals surface area contributed by atoms with Crippen LogP contribution in [-0.2, 0) is 12.8 Å². The number of aliphatic hydroxyl groups is 1. The van der Waals surface area contributed by atoms with E-state index in [-0.39, 0.29) is 12.6 Å². The van der Waals surface area contributed by atoms with Gasteiger partial charge in [-0.1, -0.05) is 13.8 Å². The van der Waals surface area contributed by atoms with Gasteiger partial charge in [-0.25, -0.2) is 9.97 Å². The van der Waals surface area contributed by atoms with Gasteiger partial charge >= 0.3 is 0 Å². The van der Waals surface area contributed by atoms with E-state index in [9.17, 15) is 5.11 Å². The second-order valence-electron chi connectivity index (χ2n) is 5.69. The van der Waals surface area contributed by atoms with Crippen LogP contribution in [0, 0.1) is 5.92 Å². The summed E-state index contributed by atoms with van der Waals surface area (Å²) in [7, 11) is 0. The molecule has 2 N–H and O–H groups in total. The van der Waals surface area contributed by atoms with Crippen molar-refractivity contribution in [2.24, 2.45) is 5.92 Å². The Morgan fingerprint density at radius 2 is 2.35 bits per heavy atom. The Kier molecular flexibility index (Phi) is 3.89. The van der Waals surface area contributed by atoms with Crippen molar-refractivity contribution in [3.05, 3.63) is 16.8 Å². The fourth-order valence-electron chi connectivity index (χ4n) is 2.85. The minimum atomic E-state index is 0.0613. The quantitative estimate of drug-likeness (QED) is 0.909. The van der Waals surface area contributed by atoms with Gasteiger partial charge in [0.25, 0.3) is 0 Å². The van der Waals surface area contributed by atoms with Crippen LogP contribution >= 0.6 is 11.3 Å². The molecule has 0 amide bonds. The number of aryl methyl sites for hydroxylation is 1. The number of fused-ring (bicyclic) bond motifs is 3. The Balaban J connectivity index is 2.05. The van der Waals surface area contributed by atoms with E-state index in [4.69, 9.17) is 0 Å². The molecule has 2 heterocycles. The van der Waals surface area contributed by atoms with Gasteiger partial charge in [-0.05, 0) is 37.2 Å². The Hall–Kier alpha value is -1.20. The molecule has 1 aliphatic rings. The molecule has 0 bridgehead atoms. The molecule has 1 aliphatic carbocycles. The first kappa shape index (κ1) is 13.8. The van der Waals surface area contributed by atoms with Gasteiger partial charge in [0.15, 0.2) is 0 Å². The summed E-state index contributed by atoms with van der Waals surface area (Å²) in [5, 5.41) is 13.9.